The third-order valence-corrected chi connectivity index (χ3v) is 4.65. The summed E-state index contributed by atoms with van der Waals surface area (Å²) < 4.78 is 24.5. The number of fused-ring (bicyclic) bond motifs is 1. The van der Waals surface area contributed by atoms with Crippen LogP contribution < -0.4 is 14.8 Å². The zero-order valence-corrected chi connectivity index (χ0v) is 16.1. The molecule has 0 saturated heterocycles. The van der Waals surface area contributed by atoms with Gasteiger partial charge in [-0.3, -0.25) is 4.79 Å². The Labute approximate surface area is 163 Å². The number of likely N-dealkylation sites (N-methyl/N-ethyl adjacent to an activating group) is 1. The minimum Gasteiger partial charge on any atom is -0.486 e. The van der Waals surface area contributed by atoms with Crippen LogP contribution in [0, 0.1) is 5.82 Å². The molecule has 7 heteroatoms. The molecular weight excluding hydrogens is 371 g/mol. The summed E-state index contributed by atoms with van der Waals surface area (Å²) in [6.45, 7) is 1.28. The van der Waals surface area contributed by atoms with Gasteiger partial charge >= 0.3 is 0 Å². The second-order valence-electron chi connectivity index (χ2n) is 6.62. The fourth-order valence-corrected chi connectivity index (χ4v) is 3.32. The molecule has 0 radical (unpaired) electrons. The Morgan fingerprint density at radius 2 is 2.04 bits per heavy atom. The van der Waals surface area contributed by atoms with E-state index in [1.165, 1.54) is 12.1 Å². The molecule has 5 nitrogen and oxygen atoms in total. The minimum atomic E-state index is -0.295. The van der Waals surface area contributed by atoms with Crippen LogP contribution >= 0.6 is 11.6 Å². The second kappa shape index (κ2) is 8.59. The van der Waals surface area contributed by atoms with Gasteiger partial charge in [0.15, 0.2) is 11.5 Å². The normalized spacial score (nSPS) is 14.1. The molecular formula is C20H22ClFN2O3. The molecule has 1 heterocycles. The van der Waals surface area contributed by atoms with Gasteiger partial charge in [-0.05, 0) is 49.5 Å². The lowest BCUT2D eigenvalue weighted by Gasteiger charge is -2.25. The van der Waals surface area contributed by atoms with Crippen molar-refractivity contribution in [2.75, 3.05) is 33.9 Å². The van der Waals surface area contributed by atoms with Crippen LogP contribution in [0.2, 0.25) is 5.02 Å². The summed E-state index contributed by atoms with van der Waals surface area (Å²) in [5.41, 5.74) is 1.55. The first-order valence-electron chi connectivity index (χ1n) is 8.70. The van der Waals surface area contributed by atoms with Gasteiger partial charge in [0.1, 0.15) is 19.0 Å². The van der Waals surface area contributed by atoms with Crippen molar-refractivity contribution < 1.29 is 18.7 Å². The molecule has 0 bridgehead atoms. The number of rotatable bonds is 6. The van der Waals surface area contributed by atoms with Gasteiger partial charge < -0.3 is 19.7 Å². The molecule has 1 N–H and O–H groups in total. The Morgan fingerprint density at radius 3 is 2.78 bits per heavy atom. The highest BCUT2D eigenvalue weighted by atomic mass is 35.5. The first-order valence-corrected chi connectivity index (χ1v) is 9.08. The number of hydrogen-bond acceptors (Lipinski definition) is 4. The Bertz CT molecular complexity index is 829. The number of ether oxygens (including phenoxy) is 2. The van der Waals surface area contributed by atoms with Gasteiger partial charge in [-0.25, -0.2) is 4.39 Å². The lowest BCUT2D eigenvalue weighted by Crippen LogP contribution is -2.35. The number of hydrogen-bond donors (Lipinski definition) is 1. The maximum atomic E-state index is 13.5. The van der Waals surface area contributed by atoms with E-state index >= 15 is 0 Å². The molecule has 1 aliphatic rings. The molecule has 1 amide bonds. The average Bonchev–Trinajstić information content (AvgIpc) is 2.61. The van der Waals surface area contributed by atoms with E-state index in [0.717, 1.165) is 11.1 Å². The SMILES string of the molecule is CN(C)C(CNC(=O)Cc1cc(Cl)c2c(c1)OCCO2)c1cccc(F)c1. The molecule has 0 fully saturated rings. The highest BCUT2D eigenvalue weighted by molar-refractivity contribution is 6.32. The number of amides is 1. The van der Waals surface area contributed by atoms with Gasteiger partial charge in [-0.1, -0.05) is 23.7 Å². The lowest BCUT2D eigenvalue weighted by molar-refractivity contribution is -0.120. The van der Waals surface area contributed by atoms with Crippen molar-refractivity contribution in [3.05, 3.63) is 58.4 Å². The van der Waals surface area contributed by atoms with Crippen molar-refractivity contribution in [1.29, 1.82) is 0 Å². The second-order valence-corrected chi connectivity index (χ2v) is 7.02. The predicted molar refractivity (Wildman–Crippen MR) is 102 cm³/mol. The maximum absolute atomic E-state index is 13.5. The summed E-state index contributed by atoms with van der Waals surface area (Å²) >= 11 is 6.22. The van der Waals surface area contributed by atoms with Gasteiger partial charge in [-0.2, -0.15) is 0 Å². The monoisotopic (exact) mass is 392 g/mol. The molecule has 0 aliphatic carbocycles. The van der Waals surface area contributed by atoms with Gasteiger partial charge in [0.05, 0.1) is 17.5 Å². The number of carbonyl (C=O) groups excluding carboxylic acids is 1. The Kier molecular flexibility index (Phi) is 6.19. The maximum Gasteiger partial charge on any atom is 0.224 e. The molecule has 0 aromatic heterocycles. The van der Waals surface area contributed by atoms with E-state index in [9.17, 15) is 9.18 Å². The number of halogens is 2. The van der Waals surface area contributed by atoms with E-state index < -0.39 is 0 Å². The van der Waals surface area contributed by atoms with Crippen LogP contribution in [0.15, 0.2) is 36.4 Å². The molecule has 1 atom stereocenters. The number of nitrogens with one attached hydrogen (secondary N) is 1. The highest BCUT2D eigenvalue weighted by Crippen LogP contribution is 2.38. The van der Waals surface area contributed by atoms with Crippen molar-refractivity contribution in [2.24, 2.45) is 0 Å². The van der Waals surface area contributed by atoms with Gasteiger partial charge in [0, 0.05) is 6.54 Å². The summed E-state index contributed by atoms with van der Waals surface area (Å²) in [7, 11) is 3.78. The first kappa shape index (κ1) is 19.5. The average molecular weight is 393 g/mol. The van der Waals surface area contributed by atoms with Crippen molar-refractivity contribution in [3.8, 4) is 11.5 Å². The number of benzene rings is 2. The Balaban J connectivity index is 1.64. The van der Waals surface area contributed by atoms with Crippen molar-refractivity contribution in [3.63, 3.8) is 0 Å². The molecule has 144 valence electrons. The largest absolute Gasteiger partial charge is 0.486 e. The van der Waals surface area contributed by atoms with E-state index in [0.29, 0.717) is 36.3 Å². The predicted octanol–water partition coefficient (Wildman–Crippen LogP) is 3.21. The van der Waals surface area contributed by atoms with Gasteiger partial charge in [-0.15, -0.1) is 0 Å². The summed E-state index contributed by atoms with van der Waals surface area (Å²) in [6.07, 6.45) is 0.166. The number of nitrogens with zero attached hydrogens (tertiary/aromatic N) is 1. The summed E-state index contributed by atoms with van der Waals surface area (Å²) in [5.74, 6) is 0.635. The van der Waals surface area contributed by atoms with Crippen LogP contribution in [-0.4, -0.2) is 44.7 Å². The van der Waals surface area contributed by atoms with E-state index in [1.54, 1.807) is 18.2 Å². The molecule has 0 spiro atoms. The summed E-state index contributed by atoms with van der Waals surface area (Å²) in [4.78, 5) is 14.3. The summed E-state index contributed by atoms with van der Waals surface area (Å²) in [5, 5.41) is 3.34. The Morgan fingerprint density at radius 1 is 1.26 bits per heavy atom. The van der Waals surface area contributed by atoms with Crippen LogP contribution in [0.3, 0.4) is 0 Å². The molecule has 3 rings (SSSR count). The molecule has 27 heavy (non-hydrogen) atoms. The topological polar surface area (TPSA) is 50.8 Å². The quantitative estimate of drug-likeness (QED) is 0.820. The van der Waals surface area contributed by atoms with Crippen LogP contribution in [0.4, 0.5) is 4.39 Å². The molecule has 1 unspecified atom stereocenters. The smallest absolute Gasteiger partial charge is 0.224 e. The molecule has 2 aromatic rings. The van der Waals surface area contributed by atoms with Crippen molar-refractivity contribution in [2.45, 2.75) is 12.5 Å². The lowest BCUT2D eigenvalue weighted by atomic mass is 10.1. The van der Waals surface area contributed by atoms with E-state index in [4.69, 9.17) is 21.1 Å². The highest BCUT2D eigenvalue weighted by Gasteiger charge is 2.19. The van der Waals surface area contributed by atoms with E-state index in [-0.39, 0.29) is 24.2 Å². The van der Waals surface area contributed by atoms with Gasteiger partial charge in [0.2, 0.25) is 5.91 Å². The first-order chi connectivity index (χ1) is 12.9. The molecule has 0 saturated carbocycles. The standard InChI is InChI=1S/C20H22ClFN2O3/c1-24(2)17(14-4-3-5-15(22)11-14)12-23-19(25)10-13-8-16(21)20-18(9-13)26-6-7-27-20/h3-5,8-9,11,17H,6-7,10,12H2,1-2H3,(H,23,25). The van der Waals surface area contributed by atoms with Gasteiger partial charge in [0.25, 0.3) is 0 Å². The van der Waals surface area contributed by atoms with Crippen molar-refractivity contribution in [1.82, 2.24) is 10.2 Å². The minimum absolute atomic E-state index is 0.131. The third kappa shape index (κ3) is 4.90. The number of carbonyl (C=O) groups is 1. The van der Waals surface area contributed by atoms with E-state index in [1.807, 2.05) is 25.1 Å². The van der Waals surface area contributed by atoms with Crippen LogP contribution in [0.1, 0.15) is 17.2 Å². The zero-order chi connectivity index (χ0) is 19.4. The third-order valence-electron chi connectivity index (χ3n) is 4.37. The fraction of sp³-hybridized carbons (Fsp3) is 0.350. The van der Waals surface area contributed by atoms with Crippen LogP contribution in [0.25, 0.3) is 0 Å². The molecule has 1 aliphatic heterocycles. The van der Waals surface area contributed by atoms with Crippen LogP contribution in [0.5, 0.6) is 11.5 Å². The van der Waals surface area contributed by atoms with E-state index in [2.05, 4.69) is 5.32 Å². The molecule has 2 aromatic carbocycles. The van der Waals surface area contributed by atoms with Crippen LogP contribution in [-0.2, 0) is 11.2 Å². The summed E-state index contributed by atoms with van der Waals surface area (Å²) in [6, 6.07) is 9.76. The Hall–Kier alpha value is -2.31. The fourth-order valence-electron chi connectivity index (χ4n) is 3.04. The van der Waals surface area contributed by atoms with Crippen molar-refractivity contribution >= 4 is 17.5 Å². The zero-order valence-electron chi connectivity index (χ0n) is 15.3.